The summed E-state index contributed by atoms with van der Waals surface area (Å²) in [6, 6.07) is 16.2. The van der Waals surface area contributed by atoms with E-state index in [2.05, 4.69) is 4.98 Å². The van der Waals surface area contributed by atoms with E-state index in [0.29, 0.717) is 18.0 Å². The van der Waals surface area contributed by atoms with Crippen molar-refractivity contribution in [3.63, 3.8) is 0 Å². The first kappa shape index (κ1) is 18.7. The van der Waals surface area contributed by atoms with Crippen molar-refractivity contribution in [2.45, 2.75) is 26.5 Å². The highest BCUT2D eigenvalue weighted by Crippen LogP contribution is 2.27. The van der Waals surface area contributed by atoms with E-state index in [4.69, 9.17) is 9.47 Å². The molecule has 0 bridgehead atoms. The van der Waals surface area contributed by atoms with Gasteiger partial charge < -0.3 is 19.1 Å². The van der Waals surface area contributed by atoms with Gasteiger partial charge in [0.25, 0.3) is 0 Å². The van der Waals surface area contributed by atoms with E-state index in [1.54, 1.807) is 19.9 Å². The predicted molar refractivity (Wildman–Crippen MR) is 101 cm³/mol. The van der Waals surface area contributed by atoms with Crippen molar-refractivity contribution in [2.75, 3.05) is 0 Å². The third-order valence-corrected chi connectivity index (χ3v) is 4.11. The van der Waals surface area contributed by atoms with Crippen molar-refractivity contribution in [3.8, 4) is 17.4 Å². The van der Waals surface area contributed by atoms with Gasteiger partial charge in [-0.25, -0.2) is 9.78 Å². The van der Waals surface area contributed by atoms with Gasteiger partial charge in [-0.3, -0.25) is 0 Å². The van der Waals surface area contributed by atoms with E-state index in [0.717, 1.165) is 0 Å². The van der Waals surface area contributed by atoms with Crippen molar-refractivity contribution in [2.24, 2.45) is 5.41 Å². The fourth-order valence-electron chi connectivity index (χ4n) is 2.65. The Balaban J connectivity index is 1.65. The molecular weight excluding hydrogens is 344 g/mol. The van der Waals surface area contributed by atoms with Gasteiger partial charge in [-0.1, -0.05) is 32.0 Å². The van der Waals surface area contributed by atoms with Crippen LogP contribution in [0.3, 0.4) is 0 Å². The van der Waals surface area contributed by atoms with Crippen molar-refractivity contribution in [1.29, 1.82) is 0 Å². The van der Waals surface area contributed by atoms with Gasteiger partial charge in [0.1, 0.15) is 11.5 Å². The number of ether oxygens (including phenoxy) is 2. The Hall–Kier alpha value is -3.12. The number of aromatic nitrogens is 2. The number of hydrogen-bond acceptors (Lipinski definition) is 5. The summed E-state index contributed by atoms with van der Waals surface area (Å²) in [6.45, 7) is 4.09. The summed E-state index contributed by atoms with van der Waals surface area (Å²) in [4.78, 5) is 16.4. The quantitative estimate of drug-likeness (QED) is 0.646. The van der Waals surface area contributed by atoms with Crippen LogP contribution in [0.5, 0.6) is 17.4 Å². The maximum Gasteiger partial charge on any atom is 0.342 e. The van der Waals surface area contributed by atoms with Crippen LogP contribution in [-0.4, -0.2) is 26.7 Å². The fourth-order valence-corrected chi connectivity index (χ4v) is 2.65. The molecule has 0 fully saturated rings. The lowest BCUT2D eigenvalue weighted by atomic mass is 9.86. The maximum absolute atomic E-state index is 12.4. The molecule has 0 amide bonds. The Labute approximate surface area is 158 Å². The third-order valence-electron chi connectivity index (χ3n) is 4.11. The van der Waals surface area contributed by atoms with Gasteiger partial charge in [-0.2, -0.15) is 0 Å². The summed E-state index contributed by atoms with van der Waals surface area (Å²) in [7, 11) is 0. The van der Waals surface area contributed by atoms with Crippen LogP contribution < -0.4 is 9.47 Å². The van der Waals surface area contributed by atoms with Crippen LogP contribution in [0.2, 0.25) is 0 Å². The van der Waals surface area contributed by atoms with E-state index in [9.17, 15) is 9.90 Å². The van der Waals surface area contributed by atoms with Gasteiger partial charge in [-0.05, 0) is 30.3 Å². The standard InChI is InChI=1S/C21H22N2O4/c1-21(2,15-23-12-6-7-13-23)19(24)20(25)27-18-14-17(10-11-22-18)26-16-8-4-3-5-9-16/h3-14,19,24H,15H2,1-2H3. The van der Waals surface area contributed by atoms with Crippen molar-refractivity contribution >= 4 is 5.97 Å². The van der Waals surface area contributed by atoms with Crippen LogP contribution in [0.15, 0.2) is 73.2 Å². The van der Waals surface area contributed by atoms with E-state index >= 15 is 0 Å². The Kier molecular flexibility index (Phi) is 5.57. The smallest absolute Gasteiger partial charge is 0.342 e. The molecule has 0 radical (unpaired) electrons. The summed E-state index contributed by atoms with van der Waals surface area (Å²) in [5.41, 5.74) is -0.714. The molecule has 27 heavy (non-hydrogen) atoms. The maximum atomic E-state index is 12.4. The molecule has 3 aromatic rings. The normalized spacial score (nSPS) is 12.4. The number of rotatable bonds is 7. The SMILES string of the molecule is CC(C)(Cn1cccc1)C(O)C(=O)Oc1cc(Oc2ccccc2)ccn1. The second-order valence-electron chi connectivity index (χ2n) is 6.91. The highest BCUT2D eigenvalue weighted by Gasteiger charge is 2.35. The van der Waals surface area contributed by atoms with Crippen LogP contribution in [0.4, 0.5) is 0 Å². The Morgan fingerprint density at radius 2 is 1.81 bits per heavy atom. The first-order valence-corrected chi connectivity index (χ1v) is 8.63. The second-order valence-corrected chi connectivity index (χ2v) is 6.91. The highest BCUT2D eigenvalue weighted by atomic mass is 16.6. The van der Waals surface area contributed by atoms with Gasteiger partial charge in [0.15, 0.2) is 6.10 Å². The van der Waals surface area contributed by atoms with E-state index in [1.165, 1.54) is 12.3 Å². The number of carbonyl (C=O) groups is 1. The number of nitrogens with zero attached hydrogens (tertiary/aromatic N) is 2. The predicted octanol–water partition coefficient (Wildman–Crippen LogP) is 3.67. The molecule has 1 unspecified atom stereocenters. The monoisotopic (exact) mass is 366 g/mol. The topological polar surface area (TPSA) is 73.6 Å². The number of esters is 1. The average Bonchev–Trinajstić information content (AvgIpc) is 3.14. The largest absolute Gasteiger partial charge is 0.457 e. The molecule has 0 spiro atoms. The van der Waals surface area contributed by atoms with Crippen molar-refractivity contribution in [3.05, 3.63) is 73.2 Å². The second kappa shape index (κ2) is 8.05. The number of carbonyl (C=O) groups excluding carboxylic acids is 1. The number of aliphatic hydroxyl groups is 1. The van der Waals surface area contributed by atoms with E-state index in [1.807, 2.05) is 59.4 Å². The average molecular weight is 366 g/mol. The summed E-state index contributed by atoms with van der Waals surface area (Å²) < 4.78 is 12.9. The Bertz CT molecular complexity index is 876. The molecule has 0 aliphatic rings. The molecule has 0 aliphatic heterocycles. The summed E-state index contributed by atoms with van der Waals surface area (Å²) >= 11 is 0. The molecule has 1 N–H and O–H groups in total. The van der Waals surface area contributed by atoms with E-state index in [-0.39, 0.29) is 5.88 Å². The number of hydrogen-bond donors (Lipinski definition) is 1. The van der Waals surface area contributed by atoms with Gasteiger partial charge >= 0.3 is 5.97 Å². The van der Waals surface area contributed by atoms with Crippen LogP contribution in [-0.2, 0) is 11.3 Å². The van der Waals surface area contributed by atoms with Gasteiger partial charge in [0.2, 0.25) is 5.88 Å². The minimum Gasteiger partial charge on any atom is -0.457 e. The number of pyridine rings is 1. The fraction of sp³-hybridized carbons (Fsp3) is 0.238. The molecule has 1 aromatic carbocycles. The zero-order valence-corrected chi connectivity index (χ0v) is 15.3. The zero-order chi connectivity index (χ0) is 19.3. The number of para-hydroxylation sites is 1. The lowest BCUT2D eigenvalue weighted by molar-refractivity contribution is -0.151. The molecule has 6 nitrogen and oxygen atoms in total. The lowest BCUT2D eigenvalue weighted by Crippen LogP contribution is -2.41. The van der Waals surface area contributed by atoms with Crippen LogP contribution in [0, 0.1) is 5.41 Å². The molecule has 3 rings (SSSR count). The van der Waals surface area contributed by atoms with Crippen LogP contribution in [0.1, 0.15) is 13.8 Å². The molecule has 0 aliphatic carbocycles. The third kappa shape index (κ3) is 4.95. The van der Waals surface area contributed by atoms with Gasteiger partial charge in [0, 0.05) is 36.6 Å². The first-order chi connectivity index (χ1) is 12.9. The van der Waals surface area contributed by atoms with Crippen LogP contribution in [0.25, 0.3) is 0 Å². The Morgan fingerprint density at radius 1 is 1.11 bits per heavy atom. The summed E-state index contributed by atoms with van der Waals surface area (Å²) in [6.07, 6.45) is 3.94. The van der Waals surface area contributed by atoms with Crippen molar-refractivity contribution < 1.29 is 19.4 Å². The van der Waals surface area contributed by atoms with Gasteiger partial charge in [0.05, 0.1) is 0 Å². The highest BCUT2D eigenvalue weighted by molar-refractivity contribution is 5.77. The molecule has 1 atom stereocenters. The number of benzene rings is 1. The molecule has 2 aromatic heterocycles. The minimum atomic E-state index is -1.31. The zero-order valence-electron chi connectivity index (χ0n) is 15.3. The number of aliphatic hydroxyl groups excluding tert-OH is 1. The molecule has 6 heteroatoms. The summed E-state index contributed by atoms with van der Waals surface area (Å²) in [5, 5.41) is 10.5. The van der Waals surface area contributed by atoms with E-state index < -0.39 is 17.5 Å². The molecule has 0 saturated heterocycles. The minimum absolute atomic E-state index is 0.0734. The van der Waals surface area contributed by atoms with Crippen molar-refractivity contribution in [1.82, 2.24) is 9.55 Å². The molecule has 140 valence electrons. The van der Waals surface area contributed by atoms with Crippen LogP contribution >= 0.6 is 0 Å². The summed E-state index contributed by atoms with van der Waals surface area (Å²) in [5.74, 6) is 0.467. The molecular formula is C21H22N2O4. The van der Waals surface area contributed by atoms with Gasteiger partial charge in [-0.15, -0.1) is 0 Å². The lowest BCUT2D eigenvalue weighted by Gasteiger charge is -2.29. The molecule has 2 heterocycles. The molecule has 0 saturated carbocycles. The first-order valence-electron chi connectivity index (χ1n) is 8.63. The Morgan fingerprint density at radius 3 is 2.52 bits per heavy atom.